The van der Waals surface area contributed by atoms with Crippen LogP contribution in [0.25, 0.3) is 0 Å². The molecule has 1 fully saturated rings. The van der Waals surface area contributed by atoms with Crippen molar-refractivity contribution >= 4 is 5.78 Å². The molecule has 0 saturated carbocycles. The molecule has 21 heavy (non-hydrogen) atoms. The van der Waals surface area contributed by atoms with Crippen LogP contribution < -0.4 is 0 Å². The van der Waals surface area contributed by atoms with Gasteiger partial charge in [-0.15, -0.1) is 0 Å². The Bertz CT molecular complexity index is 497. The first kappa shape index (κ1) is 16.0. The summed E-state index contributed by atoms with van der Waals surface area (Å²) in [6, 6.07) is 3.32. The molecular formula is C16H22F2N2O. The molecule has 1 aliphatic heterocycles. The Morgan fingerprint density at radius 2 is 1.71 bits per heavy atom. The Morgan fingerprint density at radius 1 is 1.10 bits per heavy atom. The monoisotopic (exact) mass is 296 g/mol. The molecule has 5 heteroatoms. The second kappa shape index (κ2) is 7.09. The number of piperazine rings is 1. The summed E-state index contributed by atoms with van der Waals surface area (Å²) < 4.78 is 26.0. The van der Waals surface area contributed by atoms with E-state index in [4.69, 9.17) is 0 Å². The molecule has 0 N–H and O–H groups in total. The van der Waals surface area contributed by atoms with Crippen LogP contribution in [0.1, 0.15) is 24.2 Å². The van der Waals surface area contributed by atoms with Crippen molar-refractivity contribution < 1.29 is 13.6 Å². The third-order valence-corrected chi connectivity index (χ3v) is 3.70. The predicted molar refractivity (Wildman–Crippen MR) is 78.4 cm³/mol. The summed E-state index contributed by atoms with van der Waals surface area (Å²) in [6.45, 7) is 9.29. The fraction of sp³-hybridized carbons (Fsp3) is 0.562. The lowest BCUT2D eigenvalue weighted by Gasteiger charge is -2.35. The van der Waals surface area contributed by atoms with Gasteiger partial charge in [-0.25, -0.2) is 8.78 Å². The zero-order valence-electron chi connectivity index (χ0n) is 12.6. The van der Waals surface area contributed by atoms with Gasteiger partial charge in [-0.05, 0) is 24.1 Å². The Kier molecular flexibility index (Phi) is 5.42. The molecule has 1 saturated heterocycles. The Hall–Kier alpha value is -1.33. The normalized spacial score (nSPS) is 17.4. The summed E-state index contributed by atoms with van der Waals surface area (Å²) in [5.74, 6) is -1.41. The standard InChI is InChI=1S/C16H22F2N2O/c1-12(2)10-19-5-7-20(8-6-19)11-16(21)13-3-4-14(17)15(18)9-13/h3-4,9,12H,5-8,10-11H2,1-2H3. The van der Waals surface area contributed by atoms with Crippen molar-refractivity contribution in [1.29, 1.82) is 0 Å². The van der Waals surface area contributed by atoms with E-state index in [0.29, 0.717) is 5.92 Å². The zero-order chi connectivity index (χ0) is 15.4. The summed E-state index contributed by atoms with van der Waals surface area (Å²) >= 11 is 0. The van der Waals surface area contributed by atoms with E-state index < -0.39 is 11.6 Å². The van der Waals surface area contributed by atoms with Crippen LogP contribution >= 0.6 is 0 Å². The molecule has 116 valence electrons. The van der Waals surface area contributed by atoms with E-state index in [1.54, 1.807) is 0 Å². The van der Waals surface area contributed by atoms with Gasteiger partial charge in [0.25, 0.3) is 0 Å². The first-order chi connectivity index (χ1) is 9.95. The van der Waals surface area contributed by atoms with Gasteiger partial charge in [0.05, 0.1) is 6.54 Å². The summed E-state index contributed by atoms with van der Waals surface area (Å²) in [7, 11) is 0. The maximum absolute atomic E-state index is 13.1. The number of Topliss-reactive ketones (excluding diaryl/α,β-unsaturated/α-hetero) is 1. The highest BCUT2D eigenvalue weighted by molar-refractivity contribution is 5.97. The molecule has 0 bridgehead atoms. The molecule has 1 aromatic rings. The van der Waals surface area contributed by atoms with E-state index in [2.05, 4.69) is 23.6 Å². The Labute approximate surface area is 124 Å². The number of carbonyl (C=O) groups is 1. The smallest absolute Gasteiger partial charge is 0.176 e. The highest BCUT2D eigenvalue weighted by Crippen LogP contribution is 2.11. The van der Waals surface area contributed by atoms with Gasteiger partial charge in [0.2, 0.25) is 0 Å². The van der Waals surface area contributed by atoms with Crippen molar-refractivity contribution in [2.75, 3.05) is 39.3 Å². The molecule has 0 radical (unpaired) electrons. The number of ketones is 1. The van der Waals surface area contributed by atoms with Crippen molar-refractivity contribution in [3.05, 3.63) is 35.4 Å². The van der Waals surface area contributed by atoms with Gasteiger partial charge in [0.15, 0.2) is 17.4 Å². The molecule has 0 aromatic heterocycles. The predicted octanol–water partition coefficient (Wildman–Crippen LogP) is 2.42. The van der Waals surface area contributed by atoms with Crippen LogP contribution in [0.5, 0.6) is 0 Å². The lowest BCUT2D eigenvalue weighted by atomic mass is 10.1. The first-order valence-electron chi connectivity index (χ1n) is 7.38. The van der Waals surface area contributed by atoms with Gasteiger partial charge in [0.1, 0.15) is 0 Å². The molecule has 1 aromatic carbocycles. The largest absolute Gasteiger partial charge is 0.301 e. The van der Waals surface area contributed by atoms with Crippen molar-refractivity contribution in [2.24, 2.45) is 5.92 Å². The first-order valence-corrected chi connectivity index (χ1v) is 7.38. The van der Waals surface area contributed by atoms with Gasteiger partial charge in [-0.2, -0.15) is 0 Å². The number of benzene rings is 1. The minimum Gasteiger partial charge on any atom is -0.301 e. The number of carbonyl (C=O) groups excluding carboxylic acids is 1. The number of hydrogen-bond donors (Lipinski definition) is 0. The van der Waals surface area contributed by atoms with E-state index in [9.17, 15) is 13.6 Å². The Morgan fingerprint density at radius 3 is 2.29 bits per heavy atom. The molecule has 2 rings (SSSR count). The Balaban J connectivity index is 1.85. The highest BCUT2D eigenvalue weighted by Gasteiger charge is 2.20. The molecule has 0 amide bonds. The van der Waals surface area contributed by atoms with Crippen molar-refractivity contribution in [3.63, 3.8) is 0 Å². The van der Waals surface area contributed by atoms with E-state index in [1.807, 2.05) is 0 Å². The van der Waals surface area contributed by atoms with E-state index in [0.717, 1.165) is 44.9 Å². The third kappa shape index (κ3) is 4.58. The second-order valence-corrected chi connectivity index (χ2v) is 6.02. The SMILES string of the molecule is CC(C)CN1CCN(CC(=O)c2ccc(F)c(F)c2)CC1. The zero-order valence-corrected chi connectivity index (χ0v) is 12.6. The summed E-state index contributed by atoms with van der Waals surface area (Å²) in [5, 5.41) is 0. The maximum Gasteiger partial charge on any atom is 0.176 e. The summed E-state index contributed by atoms with van der Waals surface area (Å²) in [5.41, 5.74) is 0.235. The number of nitrogens with zero attached hydrogens (tertiary/aromatic N) is 2. The van der Waals surface area contributed by atoms with Gasteiger partial charge in [-0.3, -0.25) is 9.69 Å². The lowest BCUT2D eigenvalue weighted by Crippen LogP contribution is -2.48. The number of halogens is 2. The fourth-order valence-corrected chi connectivity index (χ4v) is 2.61. The highest BCUT2D eigenvalue weighted by atomic mass is 19.2. The van der Waals surface area contributed by atoms with Gasteiger partial charge in [-0.1, -0.05) is 13.8 Å². The average molecular weight is 296 g/mol. The average Bonchev–Trinajstić information content (AvgIpc) is 2.43. The number of hydrogen-bond acceptors (Lipinski definition) is 3. The van der Waals surface area contributed by atoms with Crippen LogP contribution in [0.3, 0.4) is 0 Å². The quantitative estimate of drug-likeness (QED) is 0.780. The van der Waals surface area contributed by atoms with Crippen LogP contribution in [0, 0.1) is 17.6 Å². The number of rotatable bonds is 5. The third-order valence-electron chi connectivity index (χ3n) is 3.70. The summed E-state index contributed by atoms with van der Waals surface area (Å²) in [4.78, 5) is 16.6. The molecule has 0 unspecified atom stereocenters. The van der Waals surface area contributed by atoms with Crippen LogP contribution in [0.15, 0.2) is 18.2 Å². The van der Waals surface area contributed by atoms with E-state index in [1.165, 1.54) is 6.07 Å². The topological polar surface area (TPSA) is 23.6 Å². The lowest BCUT2D eigenvalue weighted by molar-refractivity contribution is 0.0837. The molecule has 3 nitrogen and oxygen atoms in total. The molecular weight excluding hydrogens is 274 g/mol. The molecule has 1 aliphatic rings. The second-order valence-electron chi connectivity index (χ2n) is 6.02. The minimum atomic E-state index is -0.970. The maximum atomic E-state index is 13.1. The van der Waals surface area contributed by atoms with Crippen molar-refractivity contribution in [1.82, 2.24) is 9.80 Å². The van der Waals surface area contributed by atoms with Crippen molar-refractivity contribution in [2.45, 2.75) is 13.8 Å². The van der Waals surface area contributed by atoms with Gasteiger partial charge >= 0.3 is 0 Å². The van der Waals surface area contributed by atoms with Gasteiger partial charge < -0.3 is 4.90 Å². The fourth-order valence-electron chi connectivity index (χ4n) is 2.61. The van der Waals surface area contributed by atoms with Gasteiger partial charge in [0, 0.05) is 38.3 Å². The van der Waals surface area contributed by atoms with Crippen LogP contribution in [-0.2, 0) is 0 Å². The van der Waals surface area contributed by atoms with Crippen LogP contribution in [0.2, 0.25) is 0 Å². The van der Waals surface area contributed by atoms with Crippen LogP contribution in [0.4, 0.5) is 8.78 Å². The van der Waals surface area contributed by atoms with E-state index in [-0.39, 0.29) is 17.9 Å². The summed E-state index contributed by atoms with van der Waals surface area (Å²) in [6.07, 6.45) is 0. The molecule has 1 heterocycles. The van der Waals surface area contributed by atoms with Crippen LogP contribution in [-0.4, -0.2) is 54.9 Å². The minimum absolute atomic E-state index is 0.161. The molecule has 0 atom stereocenters. The van der Waals surface area contributed by atoms with E-state index >= 15 is 0 Å². The molecule has 0 spiro atoms. The molecule has 0 aliphatic carbocycles. The van der Waals surface area contributed by atoms with Crippen molar-refractivity contribution in [3.8, 4) is 0 Å².